The fourth-order valence-corrected chi connectivity index (χ4v) is 6.25. The van der Waals surface area contributed by atoms with E-state index in [-0.39, 0.29) is 12.5 Å². The molecule has 2 unspecified atom stereocenters. The van der Waals surface area contributed by atoms with E-state index in [2.05, 4.69) is 31.3 Å². The standard InChI is InChI=1S/C42H81NO3/c1-3-5-7-9-11-13-15-17-19-20-21-22-24-25-27-29-31-33-35-37-41(45)40(39-44)43-42(46)38-36-34-32-30-28-26-23-18-16-14-12-10-8-6-4-2/h27,29,35,37,40-41,44-45H,3-26,28,30-34,36,38-39H2,1-2H3,(H,43,46)/b29-27+,37-35+. The van der Waals surface area contributed by atoms with E-state index in [0.717, 1.165) is 32.1 Å². The molecule has 0 spiro atoms. The minimum Gasteiger partial charge on any atom is -0.394 e. The predicted molar refractivity (Wildman–Crippen MR) is 202 cm³/mol. The predicted octanol–water partition coefficient (Wildman–Crippen LogP) is 12.5. The van der Waals surface area contributed by atoms with Gasteiger partial charge in [-0.05, 0) is 32.1 Å². The molecule has 0 aliphatic rings. The molecule has 272 valence electrons. The number of aliphatic hydroxyl groups excluding tert-OH is 2. The van der Waals surface area contributed by atoms with Crippen molar-refractivity contribution in [1.82, 2.24) is 5.32 Å². The Hall–Kier alpha value is -1.13. The monoisotopic (exact) mass is 648 g/mol. The summed E-state index contributed by atoms with van der Waals surface area (Å²) in [6.45, 7) is 4.30. The molecule has 0 saturated heterocycles. The summed E-state index contributed by atoms with van der Waals surface area (Å²) in [6.07, 6.45) is 48.5. The molecule has 0 aromatic heterocycles. The number of unbranched alkanes of at least 4 members (excludes halogenated alkanes) is 28. The van der Waals surface area contributed by atoms with Crippen LogP contribution in [-0.4, -0.2) is 34.9 Å². The molecular weight excluding hydrogens is 566 g/mol. The zero-order valence-electron chi connectivity index (χ0n) is 31.1. The van der Waals surface area contributed by atoms with Gasteiger partial charge in [0.05, 0.1) is 18.8 Å². The van der Waals surface area contributed by atoms with E-state index in [1.807, 2.05) is 6.08 Å². The molecule has 0 radical (unpaired) electrons. The van der Waals surface area contributed by atoms with Crippen molar-refractivity contribution < 1.29 is 15.0 Å². The van der Waals surface area contributed by atoms with Crippen LogP contribution in [0.1, 0.15) is 219 Å². The summed E-state index contributed by atoms with van der Waals surface area (Å²) in [6, 6.07) is -0.633. The third-order valence-corrected chi connectivity index (χ3v) is 9.44. The van der Waals surface area contributed by atoms with Gasteiger partial charge in [-0.2, -0.15) is 0 Å². The molecule has 0 aliphatic heterocycles. The van der Waals surface area contributed by atoms with Crippen LogP contribution in [0, 0.1) is 0 Å². The van der Waals surface area contributed by atoms with E-state index >= 15 is 0 Å². The molecule has 0 aromatic carbocycles. The highest BCUT2D eigenvalue weighted by Gasteiger charge is 2.17. The molecule has 1 amide bonds. The van der Waals surface area contributed by atoms with Crippen molar-refractivity contribution in [2.75, 3.05) is 6.61 Å². The number of carbonyl (C=O) groups is 1. The zero-order chi connectivity index (χ0) is 33.6. The molecule has 0 fully saturated rings. The second kappa shape index (κ2) is 38.3. The molecule has 0 rings (SSSR count). The third kappa shape index (κ3) is 34.2. The quantitative estimate of drug-likeness (QED) is 0.0464. The molecule has 4 heteroatoms. The maximum atomic E-state index is 12.3. The maximum Gasteiger partial charge on any atom is 0.220 e. The first-order valence-corrected chi connectivity index (χ1v) is 20.6. The lowest BCUT2D eigenvalue weighted by molar-refractivity contribution is -0.123. The Morgan fingerprint density at radius 1 is 0.500 bits per heavy atom. The molecule has 0 heterocycles. The number of hydrogen-bond acceptors (Lipinski definition) is 3. The highest BCUT2D eigenvalue weighted by molar-refractivity contribution is 5.76. The summed E-state index contributed by atoms with van der Waals surface area (Å²) >= 11 is 0. The Morgan fingerprint density at radius 3 is 1.26 bits per heavy atom. The smallest absolute Gasteiger partial charge is 0.220 e. The lowest BCUT2D eigenvalue weighted by Gasteiger charge is -2.19. The number of hydrogen-bond donors (Lipinski definition) is 3. The molecule has 3 N–H and O–H groups in total. The van der Waals surface area contributed by atoms with Crippen LogP contribution in [0.25, 0.3) is 0 Å². The highest BCUT2D eigenvalue weighted by atomic mass is 16.3. The SMILES string of the molecule is CCCCCCCCCCCCCCC/C=C/CC/C=C/C(O)C(CO)NC(=O)CCCCCCCCCCCCCCCCC. The van der Waals surface area contributed by atoms with Crippen LogP contribution in [-0.2, 0) is 4.79 Å². The largest absolute Gasteiger partial charge is 0.394 e. The van der Waals surface area contributed by atoms with Crippen LogP contribution in [0.15, 0.2) is 24.3 Å². The lowest BCUT2D eigenvalue weighted by atomic mass is 10.0. The summed E-state index contributed by atoms with van der Waals surface area (Å²) in [7, 11) is 0. The van der Waals surface area contributed by atoms with Crippen molar-refractivity contribution in [2.24, 2.45) is 0 Å². The van der Waals surface area contributed by atoms with Gasteiger partial charge in [-0.25, -0.2) is 0 Å². The first-order chi connectivity index (χ1) is 22.7. The van der Waals surface area contributed by atoms with Crippen molar-refractivity contribution in [3.63, 3.8) is 0 Å². The first-order valence-electron chi connectivity index (χ1n) is 20.6. The van der Waals surface area contributed by atoms with Crippen LogP contribution in [0.5, 0.6) is 0 Å². The van der Waals surface area contributed by atoms with Crippen molar-refractivity contribution in [3.8, 4) is 0 Å². The van der Waals surface area contributed by atoms with Gasteiger partial charge in [0.1, 0.15) is 0 Å². The normalized spacial score (nSPS) is 13.2. The number of nitrogens with one attached hydrogen (secondary N) is 1. The Balaban J connectivity index is 3.61. The van der Waals surface area contributed by atoms with E-state index in [0.29, 0.717) is 6.42 Å². The molecule has 0 bridgehead atoms. The van der Waals surface area contributed by atoms with Crippen LogP contribution in [0.2, 0.25) is 0 Å². The van der Waals surface area contributed by atoms with Gasteiger partial charge in [0.15, 0.2) is 0 Å². The Kier molecular flexibility index (Phi) is 37.4. The van der Waals surface area contributed by atoms with Crippen LogP contribution in [0.4, 0.5) is 0 Å². The van der Waals surface area contributed by atoms with E-state index in [1.54, 1.807) is 6.08 Å². The van der Waals surface area contributed by atoms with Gasteiger partial charge < -0.3 is 15.5 Å². The average Bonchev–Trinajstić information content (AvgIpc) is 3.06. The van der Waals surface area contributed by atoms with Crippen molar-refractivity contribution >= 4 is 5.91 Å². The second-order valence-electron chi connectivity index (χ2n) is 14.1. The number of carbonyl (C=O) groups excluding carboxylic acids is 1. The van der Waals surface area contributed by atoms with Crippen molar-refractivity contribution in [3.05, 3.63) is 24.3 Å². The topological polar surface area (TPSA) is 69.6 Å². The van der Waals surface area contributed by atoms with Gasteiger partial charge in [0.25, 0.3) is 0 Å². The number of rotatable bonds is 37. The number of amides is 1. The van der Waals surface area contributed by atoms with Crippen LogP contribution >= 0.6 is 0 Å². The molecule has 0 aliphatic carbocycles. The van der Waals surface area contributed by atoms with Crippen LogP contribution < -0.4 is 5.32 Å². The van der Waals surface area contributed by atoms with Gasteiger partial charge in [-0.1, -0.05) is 205 Å². The number of allylic oxidation sites excluding steroid dienone is 3. The van der Waals surface area contributed by atoms with Crippen molar-refractivity contribution in [2.45, 2.75) is 231 Å². The lowest BCUT2D eigenvalue weighted by Crippen LogP contribution is -2.45. The summed E-state index contributed by atoms with van der Waals surface area (Å²) in [5, 5.41) is 22.9. The molecule has 46 heavy (non-hydrogen) atoms. The number of aliphatic hydroxyl groups is 2. The first kappa shape index (κ1) is 44.9. The molecule has 4 nitrogen and oxygen atoms in total. The summed E-state index contributed by atoms with van der Waals surface area (Å²) in [5.41, 5.74) is 0. The Bertz CT molecular complexity index is 661. The van der Waals surface area contributed by atoms with Gasteiger partial charge in [0, 0.05) is 6.42 Å². The average molecular weight is 648 g/mol. The summed E-state index contributed by atoms with van der Waals surface area (Å²) in [5.74, 6) is -0.0720. The van der Waals surface area contributed by atoms with E-state index < -0.39 is 12.1 Å². The highest BCUT2D eigenvalue weighted by Crippen LogP contribution is 2.15. The summed E-state index contributed by atoms with van der Waals surface area (Å²) in [4.78, 5) is 12.3. The van der Waals surface area contributed by atoms with Crippen LogP contribution in [0.3, 0.4) is 0 Å². The van der Waals surface area contributed by atoms with Gasteiger partial charge >= 0.3 is 0 Å². The second-order valence-corrected chi connectivity index (χ2v) is 14.1. The third-order valence-electron chi connectivity index (χ3n) is 9.44. The Labute approximate surface area is 288 Å². The van der Waals surface area contributed by atoms with Gasteiger partial charge in [-0.3, -0.25) is 4.79 Å². The summed E-state index contributed by atoms with van der Waals surface area (Å²) < 4.78 is 0. The maximum absolute atomic E-state index is 12.3. The molecule has 0 saturated carbocycles. The van der Waals surface area contributed by atoms with Crippen molar-refractivity contribution in [1.29, 1.82) is 0 Å². The fourth-order valence-electron chi connectivity index (χ4n) is 6.25. The van der Waals surface area contributed by atoms with E-state index in [1.165, 1.54) is 167 Å². The Morgan fingerprint density at radius 2 is 0.848 bits per heavy atom. The van der Waals surface area contributed by atoms with E-state index in [9.17, 15) is 15.0 Å². The minimum absolute atomic E-state index is 0.0720. The zero-order valence-corrected chi connectivity index (χ0v) is 31.1. The molecular formula is C42H81NO3. The van der Waals surface area contributed by atoms with E-state index in [4.69, 9.17) is 0 Å². The molecule has 0 aromatic rings. The van der Waals surface area contributed by atoms with Gasteiger partial charge in [-0.15, -0.1) is 0 Å². The van der Waals surface area contributed by atoms with Gasteiger partial charge in [0.2, 0.25) is 5.91 Å². The molecule has 2 atom stereocenters. The minimum atomic E-state index is -0.857. The fraction of sp³-hybridized carbons (Fsp3) is 0.881.